The number of nitrogens with zero attached hydrogens (tertiary/aromatic N) is 1. The summed E-state index contributed by atoms with van der Waals surface area (Å²) in [5.74, 6) is -0.186. The maximum absolute atomic E-state index is 12.8. The number of allylic oxidation sites excluding steroid dienone is 1. The molecule has 0 aromatic heterocycles. The first-order chi connectivity index (χ1) is 13.0. The number of rotatable bonds is 5. The van der Waals surface area contributed by atoms with Crippen LogP contribution in [0.4, 0.5) is 0 Å². The molecular formula is C21H22ClNO3S. The van der Waals surface area contributed by atoms with Gasteiger partial charge in [-0.2, -0.15) is 4.31 Å². The van der Waals surface area contributed by atoms with Crippen molar-refractivity contribution in [2.45, 2.75) is 30.6 Å². The third-order valence-electron chi connectivity index (χ3n) is 4.62. The number of ketones is 1. The molecule has 1 fully saturated rings. The first kappa shape index (κ1) is 19.8. The summed E-state index contributed by atoms with van der Waals surface area (Å²) in [6.45, 7) is 1.12. The molecule has 1 saturated heterocycles. The van der Waals surface area contributed by atoms with Crippen LogP contribution in [0.25, 0.3) is 6.08 Å². The minimum absolute atomic E-state index is 0.186. The molecule has 2 aromatic carbocycles. The Labute approximate surface area is 165 Å². The Morgan fingerprint density at radius 3 is 2.26 bits per heavy atom. The molecule has 6 heteroatoms. The first-order valence-corrected chi connectivity index (χ1v) is 10.9. The lowest BCUT2D eigenvalue weighted by Crippen LogP contribution is -2.31. The van der Waals surface area contributed by atoms with Crippen molar-refractivity contribution in [3.05, 3.63) is 70.8 Å². The van der Waals surface area contributed by atoms with Gasteiger partial charge in [0.25, 0.3) is 0 Å². The molecule has 0 aliphatic carbocycles. The number of hydrogen-bond donors (Lipinski definition) is 0. The zero-order valence-electron chi connectivity index (χ0n) is 15.0. The second kappa shape index (κ2) is 8.83. The third kappa shape index (κ3) is 5.06. The molecule has 0 radical (unpaired) electrons. The zero-order chi connectivity index (χ0) is 19.3. The molecule has 1 aliphatic rings. The maximum atomic E-state index is 12.8. The molecule has 1 aliphatic heterocycles. The number of carbonyl (C=O) groups excluding carboxylic acids is 1. The van der Waals surface area contributed by atoms with E-state index >= 15 is 0 Å². The summed E-state index contributed by atoms with van der Waals surface area (Å²) in [5.41, 5.74) is 1.28. The number of carbonyl (C=O) groups is 1. The van der Waals surface area contributed by atoms with Crippen LogP contribution in [-0.2, 0) is 10.0 Å². The average molecular weight is 404 g/mol. The van der Waals surface area contributed by atoms with Crippen molar-refractivity contribution < 1.29 is 13.2 Å². The Morgan fingerprint density at radius 2 is 1.63 bits per heavy atom. The largest absolute Gasteiger partial charge is 0.289 e. The minimum Gasteiger partial charge on any atom is -0.289 e. The first-order valence-electron chi connectivity index (χ1n) is 9.05. The van der Waals surface area contributed by atoms with Crippen molar-refractivity contribution in [3.63, 3.8) is 0 Å². The van der Waals surface area contributed by atoms with Crippen LogP contribution in [0, 0.1) is 0 Å². The fourth-order valence-corrected chi connectivity index (χ4v) is 4.82. The average Bonchev–Trinajstić information content (AvgIpc) is 2.96. The molecule has 142 valence electrons. The molecule has 3 rings (SSSR count). The van der Waals surface area contributed by atoms with Gasteiger partial charge in [-0.25, -0.2) is 8.42 Å². The van der Waals surface area contributed by atoms with Gasteiger partial charge in [-0.15, -0.1) is 0 Å². The molecule has 4 nitrogen and oxygen atoms in total. The molecule has 0 amide bonds. The van der Waals surface area contributed by atoms with E-state index in [1.54, 1.807) is 34.6 Å². The Morgan fingerprint density at radius 1 is 0.963 bits per heavy atom. The van der Waals surface area contributed by atoms with Gasteiger partial charge in [-0.1, -0.05) is 42.7 Å². The quantitative estimate of drug-likeness (QED) is 0.532. The molecule has 0 N–H and O–H groups in total. The van der Waals surface area contributed by atoms with E-state index in [9.17, 15) is 13.2 Å². The molecule has 0 unspecified atom stereocenters. The minimum atomic E-state index is -3.50. The van der Waals surface area contributed by atoms with Gasteiger partial charge >= 0.3 is 0 Å². The van der Waals surface area contributed by atoms with Gasteiger partial charge in [0.05, 0.1) is 4.90 Å². The van der Waals surface area contributed by atoms with E-state index in [4.69, 9.17) is 11.6 Å². The molecule has 27 heavy (non-hydrogen) atoms. The van der Waals surface area contributed by atoms with Crippen molar-refractivity contribution >= 4 is 33.5 Å². The van der Waals surface area contributed by atoms with Crippen LogP contribution >= 0.6 is 11.6 Å². The van der Waals surface area contributed by atoms with E-state index in [2.05, 4.69) is 0 Å². The zero-order valence-corrected chi connectivity index (χ0v) is 16.5. The molecule has 0 atom stereocenters. The maximum Gasteiger partial charge on any atom is 0.243 e. The summed E-state index contributed by atoms with van der Waals surface area (Å²) in [7, 11) is -3.50. The van der Waals surface area contributed by atoms with Gasteiger partial charge in [0, 0.05) is 23.7 Å². The van der Waals surface area contributed by atoms with Crippen LogP contribution in [0.2, 0.25) is 5.02 Å². The highest BCUT2D eigenvalue weighted by atomic mass is 35.5. The molecule has 1 heterocycles. The van der Waals surface area contributed by atoms with Crippen molar-refractivity contribution in [1.82, 2.24) is 4.31 Å². The fourth-order valence-electron chi connectivity index (χ4n) is 3.10. The lowest BCUT2D eigenvalue weighted by atomic mass is 10.1. The van der Waals surface area contributed by atoms with E-state index in [-0.39, 0.29) is 10.7 Å². The highest BCUT2D eigenvalue weighted by Gasteiger charge is 2.25. The summed E-state index contributed by atoms with van der Waals surface area (Å²) in [5, 5.41) is 0.604. The lowest BCUT2D eigenvalue weighted by Gasteiger charge is -2.19. The third-order valence-corrected chi connectivity index (χ3v) is 6.77. The van der Waals surface area contributed by atoms with Crippen LogP contribution < -0.4 is 0 Å². The Bertz CT molecular complexity index is 928. The predicted octanol–water partition coefficient (Wildman–Crippen LogP) is 4.80. The Hall–Kier alpha value is -1.95. The van der Waals surface area contributed by atoms with Gasteiger partial charge in [0.15, 0.2) is 5.78 Å². The SMILES string of the molecule is O=C(C=Cc1cccc(Cl)c1)c1ccc(S(=O)(=O)N2CCCCCC2)cc1. The van der Waals surface area contributed by atoms with Crippen LogP contribution in [0.15, 0.2) is 59.5 Å². The second-order valence-electron chi connectivity index (χ2n) is 6.60. The normalized spacial score (nSPS) is 16.3. The summed E-state index contributed by atoms with van der Waals surface area (Å²) in [6.07, 6.45) is 7.07. The molecule has 0 saturated carbocycles. The predicted molar refractivity (Wildman–Crippen MR) is 108 cm³/mol. The lowest BCUT2D eigenvalue weighted by molar-refractivity contribution is 0.104. The molecular weight excluding hydrogens is 382 g/mol. The standard InChI is InChI=1S/C21H22ClNO3S/c22-19-7-5-6-17(16-19)8-13-21(24)18-9-11-20(12-10-18)27(25,26)23-14-3-1-2-4-15-23/h5-13,16H,1-4,14-15H2. The van der Waals surface area contributed by atoms with Crippen LogP contribution in [0.5, 0.6) is 0 Å². The molecule has 2 aromatic rings. The van der Waals surface area contributed by atoms with Crippen molar-refractivity contribution in [2.75, 3.05) is 13.1 Å². The van der Waals surface area contributed by atoms with Gasteiger partial charge in [0.2, 0.25) is 10.0 Å². The molecule has 0 spiro atoms. The van der Waals surface area contributed by atoms with E-state index in [0.717, 1.165) is 31.2 Å². The molecule has 0 bridgehead atoms. The summed E-state index contributed by atoms with van der Waals surface area (Å²) in [4.78, 5) is 12.6. The Kier molecular flexibility index (Phi) is 6.47. The van der Waals surface area contributed by atoms with E-state index in [1.807, 2.05) is 12.1 Å². The Balaban J connectivity index is 1.73. The van der Waals surface area contributed by atoms with Crippen molar-refractivity contribution in [1.29, 1.82) is 0 Å². The fraction of sp³-hybridized carbons (Fsp3) is 0.286. The van der Waals surface area contributed by atoms with Gasteiger partial charge < -0.3 is 0 Å². The smallest absolute Gasteiger partial charge is 0.243 e. The van der Waals surface area contributed by atoms with Crippen LogP contribution in [0.1, 0.15) is 41.6 Å². The van der Waals surface area contributed by atoms with Crippen molar-refractivity contribution in [3.8, 4) is 0 Å². The van der Waals surface area contributed by atoms with Gasteiger partial charge in [-0.05, 0) is 60.9 Å². The summed E-state index contributed by atoms with van der Waals surface area (Å²) >= 11 is 5.93. The van der Waals surface area contributed by atoms with Crippen LogP contribution in [0.3, 0.4) is 0 Å². The van der Waals surface area contributed by atoms with Crippen LogP contribution in [-0.4, -0.2) is 31.6 Å². The monoisotopic (exact) mass is 403 g/mol. The van der Waals surface area contributed by atoms with Gasteiger partial charge in [-0.3, -0.25) is 4.79 Å². The van der Waals surface area contributed by atoms with E-state index in [1.165, 1.54) is 18.2 Å². The number of benzene rings is 2. The number of sulfonamides is 1. The summed E-state index contributed by atoms with van der Waals surface area (Å²) in [6, 6.07) is 13.4. The number of halogens is 1. The van der Waals surface area contributed by atoms with E-state index in [0.29, 0.717) is 23.7 Å². The summed E-state index contributed by atoms with van der Waals surface area (Å²) < 4.78 is 27.1. The topological polar surface area (TPSA) is 54.5 Å². The highest BCUT2D eigenvalue weighted by molar-refractivity contribution is 7.89. The van der Waals surface area contributed by atoms with Crippen molar-refractivity contribution in [2.24, 2.45) is 0 Å². The van der Waals surface area contributed by atoms with E-state index < -0.39 is 10.0 Å². The van der Waals surface area contributed by atoms with Gasteiger partial charge in [0.1, 0.15) is 0 Å². The number of hydrogen-bond acceptors (Lipinski definition) is 3. The second-order valence-corrected chi connectivity index (χ2v) is 8.97. The highest BCUT2D eigenvalue weighted by Crippen LogP contribution is 2.21.